The number of fused-ring (bicyclic) bond motifs is 1. The molecular formula is C19H10Cl2F6N4. The Bertz CT molecular complexity index is 1230. The van der Waals surface area contributed by atoms with Crippen molar-refractivity contribution in [1.82, 2.24) is 19.9 Å². The number of aromatic amines is 1. The van der Waals surface area contributed by atoms with Crippen LogP contribution in [0.2, 0.25) is 5.02 Å². The number of hydrogen-bond donors (Lipinski definition) is 1. The van der Waals surface area contributed by atoms with Crippen molar-refractivity contribution in [3.05, 3.63) is 64.9 Å². The lowest BCUT2D eigenvalue weighted by Gasteiger charge is -2.11. The predicted molar refractivity (Wildman–Crippen MR) is 105 cm³/mol. The van der Waals surface area contributed by atoms with Crippen LogP contribution in [0.4, 0.5) is 26.3 Å². The van der Waals surface area contributed by atoms with Gasteiger partial charge in [0.05, 0.1) is 27.4 Å². The Kier molecular flexibility index (Phi) is 5.90. The van der Waals surface area contributed by atoms with Crippen LogP contribution < -0.4 is 0 Å². The Balaban J connectivity index is 0.00000272. The lowest BCUT2D eigenvalue weighted by atomic mass is 10.1. The van der Waals surface area contributed by atoms with Gasteiger partial charge in [0.15, 0.2) is 5.82 Å². The zero-order chi connectivity index (χ0) is 21.7. The predicted octanol–water partition coefficient (Wildman–Crippen LogP) is 6.80. The third kappa shape index (κ3) is 4.45. The topological polar surface area (TPSA) is 54.5 Å². The number of nitrogens with zero attached hydrogens (tertiary/aromatic N) is 3. The van der Waals surface area contributed by atoms with Crippen molar-refractivity contribution in [2.45, 2.75) is 12.4 Å². The van der Waals surface area contributed by atoms with Gasteiger partial charge in [0.1, 0.15) is 11.2 Å². The number of H-pyrrole nitrogens is 1. The Morgan fingerprint density at radius 3 is 2.23 bits per heavy atom. The van der Waals surface area contributed by atoms with Gasteiger partial charge in [-0.2, -0.15) is 26.3 Å². The van der Waals surface area contributed by atoms with Gasteiger partial charge in [0.2, 0.25) is 0 Å². The van der Waals surface area contributed by atoms with E-state index in [1.165, 1.54) is 18.5 Å². The van der Waals surface area contributed by atoms with E-state index in [1.54, 1.807) is 18.2 Å². The molecule has 0 saturated carbocycles. The molecule has 0 atom stereocenters. The largest absolute Gasteiger partial charge is 0.418 e. The van der Waals surface area contributed by atoms with Crippen LogP contribution >= 0.6 is 24.0 Å². The first kappa shape index (κ1) is 22.8. The normalized spacial score (nSPS) is 12.1. The van der Waals surface area contributed by atoms with Gasteiger partial charge in [-0.25, -0.2) is 4.98 Å². The number of pyridine rings is 2. The van der Waals surface area contributed by atoms with Crippen LogP contribution in [0.3, 0.4) is 0 Å². The zero-order valence-electron chi connectivity index (χ0n) is 15.0. The van der Waals surface area contributed by atoms with Gasteiger partial charge < -0.3 is 4.98 Å². The molecule has 0 aliphatic rings. The molecule has 0 spiro atoms. The highest BCUT2D eigenvalue weighted by Gasteiger charge is 2.39. The summed E-state index contributed by atoms with van der Waals surface area (Å²) in [6, 6.07) is 6.95. The van der Waals surface area contributed by atoms with Crippen LogP contribution in [0.15, 0.2) is 48.8 Å². The van der Waals surface area contributed by atoms with E-state index in [0.29, 0.717) is 22.3 Å². The van der Waals surface area contributed by atoms with E-state index in [2.05, 4.69) is 19.9 Å². The Labute approximate surface area is 181 Å². The second-order valence-corrected chi connectivity index (χ2v) is 6.67. The molecule has 0 fully saturated rings. The highest BCUT2D eigenvalue weighted by Crippen LogP contribution is 2.40. The summed E-state index contributed by atoms with van der Waals surface area (Å²) >= 11 is 6.07. The second-order valence-electron chi connectivity index (χ2n) is 6.27. The molecule has 3 heterocycles. The van der Waals surface area contributed by atoms with E-state index in [1.807, 2.05) is 0 Å². The van der Waals surface area contributed by atoms with E-state index >= 15 is 0 Å². The molecule has 4 nitrogen and oxygen atoms in total. The Morgan fingerprint density at radius 1 is 0.903 bits per heavy atom. The van der Waals surface area contributed by atoms with Crippen LogP contribution in [0, 0.1) is 0 Å². The van der Waals surface area contributed by atoms with Crippen molar-refractivity contribution in [3.8, 4) is 22.8 Å². The molecule has 0 unspecified atom stereocenters. The molecule has 0 radical (unpaired) electrons. The van der Waals surface area contributed by atoms with Crippen LogP contribution in [0.5, 0.6) is 0 Å². The number of alkyl halides is 6. The van der Waals surface area contributed by atoms with Crippen LogP contribution in [-0.4, -0.2) is 19.9 Å². The van der Waals surface area contributed by atoms with Crippen molar-refractivity contribution in [3.63, 3.8) is 0 Å². The molecule has 3 aromatic heterocycles. The summed E-state index contributed by atoms with van der Waals surface area (Å²) in [6.45, 7) is 0. The Morgan fingerprint density at radius 2 is 1.65 bits per heavy atom. The first-order chi connectivity index (χ1) is 14.0. The summed E-state index contributed by atoms with van der Waals surface area (Å²) in [7, 11) is 0. The summed E-state index contributed by atoms with van der Waals surface area (Å²) in [5.74, 6) is -0.103. The SMILES string of the molecule is Cl.FC(F)(F)c1cc(C(F)(F)F)c2nc(-c3ccc(-c4ncccc4Cl)cn3)[nH]c2c1. The van der Waals surface area contributed by atoms with E-state index in [0.717, 1.165) is 0 Å². The minimum absolute atomic E-state index is 0. The number of imidazole rings is 1. The molecule has 4 aromatic rings. The standard InChI is InChI=1S/C19H9ClF6N4.ClH/c20-12-2-1-5-27-15(12)9-3-4-13(28-8-9)17-29-14-7-10(18(21,22)23)6-11(16(14)30-17)19(24,25)26;/h1-8H,(H,29,30);1H. The first-order valence-electron chi connectivity index (χ1n) is 8.29. The lowest BCUT2D eigenvalue weighted by molar-refractivity contribution is -0.142. The minimum atomic E-state index is -5.01. The van der Waals surface area contributed by atoms with Crippen LogP contribution in [-0.2, 0) is 12.4 Å². The maximum Gasteiger partial charge on any atom is 0.418 e. The molecule has 1 aromatic carbocycles. The molecule has 0 aliphatic carbocycles. The summed E-state index contributed by atoms with van der Waals surface area (Å²) in [4.78, 5) is 14.6. The average molecular weight is 479 g/mol. The van der Waals surface area contributed by atoms with E-state index < -0.39 is 34.5 Å². The molecule has 12 heteroatoms. The number of benzene rings is 1. The summed E-state index contributed by atoms with van der Waals surface area (Å²) < 4.78 is 79.0. The second kappa shape index (κ2) is 8.01. The fourth-order valence-corrected chi connectivity index (χ4v) is 3.12. The fourth-order valence-electron chi connectivity index (χ4n) is 2.89. The maximum atomic E-state index is 13.3. The summed E-state index contributed by atoms with van der Waals surface area (Å²) in [5, 5.41) is 0.380. The van der Waals surface area contributed by atoms with Crippen molar-refractivity contribution in [2.24, 2.45) is 0 Å². The molecule has 162 valence electrons. The number of halogens is 8. The number of aromatic nitrogens is 4. The quantitative estimate of drug-likeness (QED) is 0.322. The summed E-state index contributed by atoms with van der Waals surface area (Å²) in [6.07, 6.45) is -7.03. The molecule has 4 rings (SSSR count). The summed E-state index contributed by atoms with van der Waals surface area (Å²) in [5.41, 5.74) is -2.77. The molecule has 31 heavy (non-hydrogen) atoms. The van der Waals surface area contributed by atoms with E-state index in [9.17, 15) is 26.3 Å². The first-order valence-corrected chi connectivity index (χ1v) is 8.67. The van der Waals surface area contributed by atoms with Gasteiger partial charge >= 0.3 is 12.4 Å². The monoisotopic (exact) mass is 478 g/mol. The van der Waals surface area contributed by atoms with Crippen molar-refractivity contribution >= 4 is 35.0 Å². The van der Waals surface area contributed by atoms with Crippen LogP contribution in [0.1, 0.15) is 11.1 Å². The highest BCUT2D eigenvalue weighted by molar-refractivity contribution is 6.33. The highest BCUT2D eigenvalue weighted by atomic mass is 35.5. The number of nitrogens with one attached hydrogen (secondary N) is 1. The maximum absolute atomic E-state index is 13.3. The smallest absolute Gasteiger partial charge is 0.337 e. The molecular weight excluding hydrogens is 469 g/mol. The molecule has 0 aliphatic heterocycles. The average Bonchev–Trinajstić information content (AvgIpc) is 3.10. The lowest BCUT2D eigenvalue weighted by Crippen LogP contribution is -2.11. The van der Waals surface area contributed by atoms with Gasteiger partial charge in [-0.3, -0.25) is 9.97 Å². The van der Waals surface area contributed by atoms with Gasteiger partial charge in [0, 0.05) is 18.0 Å². The van der Waals surface area contributed by atoms with Gasteiger partial charge in [-0.15, -0.1) is 12.4 Å². The number of hydrogen-bond acceptors (Lipinski definition) is 3. The number of rotatable bonds is 2. The Hall–Kier alpha value is -2.85. The van der Waals surface area contributed by atoms with E-state index in [-0.39, 0.29) is 30.0 Å². The minimum Gasteiger partial charge on any atom is -0.337 e. The molecule has 0 bridgehead atoms. The van der Waals surface area contributed by atoms with E-state index in [4.69, 9.17) is 11.6 Å². The zero-order valence-corrected chi connectivity index (χ0v) is 16.6. The van der Waals surface area contributed by atoms with Crippen molar-refractivity contribution in [2.75, 3.05) is 0 Å². The van der Waals surface area contributed by atoms with Gasteiger partial charge in [-0.1, -0.05) is 11.6 Å². The molecule has 1 N–H and O–H groups in total. The molecule has 0 amide bonds. The van der Waals surface area contributed by atoms with Crippen molar-refractivity contribution < 1.29 is 26.3 Å². The van der Waals surface area contributed by atoms with Crippen LogP contribution in [0.25, 0.3) is 33.8 Å². The molecule has 0 saturated heterocycles. The fraction of sp³-hybridized carbons (Fsp3) is 0.105. The third-order valence-electron chi connectivity index (χ3n) is 4.26. The van der Waals surface area contributed by atoms with Gasteiger partial charge in [-0.05, 0) is 36.4 Å². The third-order valence-corrected chi connectivity index (χ3v) is 4.56. The van der Waals surface area contributed by atoms with Gasteiger partial charge in [0.25, 0.3) is 0 Å². The van der Waals surface area contributed by atoms with Crippen molar-refractivity contribution in [1.29, 1.82) is 0 Å².